The Balaban J connectivity index is 1.90. The number of hydrogen-bond acceptors (Lipinski definition) is 0. The highest BCUT2D eigenvalue weighted by atomic mass is 79.9. The molecule has 0 atom stereocenters. The minimum absolute atomic E-state index is 1.18. The zero-order valence-electron chi connectivity index (χ0n) is 17.3. The fraction of sp³-hybridized carbons (Fsp3) is 0.462. The van der Waals surface area contributed by atoms with Gasteiger partial charge in [0.2, 0.25) is 0 Å². The van der Waals surface area contributed by atoms with Crippen molar-refractivity contribution in [3.63, 3.8) is 0 Å². The maximum Gasteiger partial charge on any atom is 0.0333 e. The quantitative estimate of drug-likeness (QED) is 0.190. The summed E-state index contributed by atoms with van der Waals surface area (Å²) in [5, 5.41) is 5.26. The predicted octanol–water partition coefficient (Wildman–Crippen LogP) is 9.76. The van der Waals surface area contributed by atoms with Crippen LogP contribution in [0, 0.1) is 0 Å². The lowest BCUT2D eigenvalue weighted by Gasteiger charge is -2.13. The minimum atomic E-state index is 1.18. The molecular weight excluding hydrogens is 472 g/mol. The largest absolute Gasteiger partial charge is 0.0654 e. The average molecular weight is 504 g/mol. The predicted molar refractivity (Wildman–Crippen MR) is 133 cm³/mol. The van der Waals surface area contributed by atoms with E-state index in [1.54, 1.807) is 0 Å². The van der Waals surface area contributed by atoms with Gasteiger partial charge in [-0.15, -0.1) is 0 Å². The Morgan fingerprint density at radius 1 is 0.536 bits per heavy atom. The van der Waals surface area contributed by atoms with Crippen LogP contribution in [0.1, 0.15) is 76.3 Å². The van der Waals surface area contributed by atoms with E-state index in [0.717, 1.165) is 0 Å². The second kappa shape index (κ2) is 10.8. The lowest BCUT2D eigenvalue weighted by atomic mass is 9.97. The molecule has 3 rings (SSSR count). The van der Waals surface area contributed by atoms with Gasteiger partial charge in [-0.1, -0.05) is 76.6 Å². The van der Waals surface area contributed by atoms with Crippen LogP contribution in [0.25, 0.3) is 21.5 Å². The maximum atomic E-state index is 3.92. The maximum absolute atomic E-state index is 3.92. The first-order valence-corrected chi connectivity index (χ1v) is 12.6. The first-order chi connectivity index (χ1) is 13.7. The van der Waals surface area contributed by atoms with E-state index < -0.39 is 0 Å². The van der Waals surface area contributed by atoms with Crippen LogP contribution in [0.3, 0.4) is 0 Å². The molecule has 0 saturated heterocycles. The fourth-order valence-corrected chi connectivity index (χ4v) is 5.39. The van der Waals surface area contributed by atoms with E-state index in [1.807, 2.05) is 0 Å². The van der Waals surface area contributed by atoms with Crippen LogP contribution in [-0.4, -0.2) is 0 Å². The summed E-state index contributed by atoms with van der Waals surface area (Å²) in [6.07, 6.45) is 12.9. The van der Waals surface area contributed by atoms with E-state index in [4.69, 9.17) is 0 Å². The molecule has 2 heteroatoms. The van der Waals surface area contributed by atoms with Crippen LogP contribution in [-0.2, 0) is 12.8 Å². The number of unbranched alkanes of at least 4 members (excludes halogenated alkanes) is 6. The topological polar surface area (TPSA) is 0 Å². The number of benzene rings is 3. The molecule has 3 aromatic rings. The molecule has 0 unspecified atom stereocenters. The normalized spacial score (nSPS) is 11.6. The molecule has 3 aromatic carbocycles. The van der Waals surface area contributed by atoms with Gasteiger partial charge in [-0.2, -0.15) is 0 Å². The van der Waals surface area contributed by atoms with E-state index in [2.05, 4.69) is 82.1 Å². The van der Waals surface area contributed by atoms with Crippen molar-refractivity contribution in [3.8, 4) is 0 Å². The standard InChI is InChI=1S/C26H32Br2/c1-3-5-7-9-11-19-13-15-21-23(17-19)25(27)22-16-14-20(12-10-8-6-4-2)18-24(22)26(21)28/h13-18H,3-12H2,1-2H3. The Morgan fingerprint density at radius 2 is 0.964 bits per heavy atom. The summed E-state index contributed by atoms with van der Waals surface area (Å²) in [7, 11) is 0. The van der Waals surface area contributed by atoms with Crippen LogP contribution in [0.15, 0.2) is 45.3 Å². The summed E-state index contributed by atoms with van der Waals surface area (Å²) < 4.78 is 2.46. The molecule has 0 amide bonds. The molecule has 0 bridgehead atoms. The van der Waals surface area contributed by atoms with Crippen LogP contribution in [0.2, 0.25) is 0 Å². The third-order valence-electron chi connectivity index (χ3n) is 5.75. The van der Waals surface area contributed by atoms with Gasteiger partial charge in [-0.3, -0.25) is 0 Å². The molecule has 0 saturated carbocycles. The van der Waals surface area contributed by atoms with Gasteiger partial charge in [-0.25, -0.2) is 0 Å². The van der Waals surface area contributed by atoms with Crippen molar-refractivity contribution >= 4 is 53.4 Å². The first-order valence-electron chi connectivity index (χ1n) is 11.0. The van der Waals surface area contributed by atoms with Gasteiger partial charge in [0.25, 0.3) is 0 Å². The van der Waals surface area contributed by atoms with Crippen molar-refractivity contribution in [2.75, 3.05) is 0 Å². The highest BCUT2D eigenvalue weighted by Crippen LogP contribution is 2.40. The van der Waals surface area contributed by atoms with Gasteiger partial charge in [0.1, 0.15) is 0 Å². The average Bonchev–Trinajstić information content (AvgIpc) is 2.72. The van der Waals surface area contributed by atoms with E-state index >= 15 is 0 Å². The molecule has 0 aliphatic heterocycles. The van der Waals surface area contributed by atoms with Gasteiger partial charge in [-0.05, 0) is 102 Å². The number of fused-ring (bicyclic) bond motifs is 2. The highest BCUT2D eigenvalue weighted by Gasteiger charge is 2.12. The first kappa shape index (κ1) is 21.8. The molecule has 0 aliphatic rings. The van der Waals surface area contributed by atoms with Crippen LogP contribution in [0.5, 0.6) is 0 Å². The molecule has 150 valence electrons. The lowest BCUT2D eigenvalue weighted by Crippen LogP contribution is -1.91. The van der Waals surface area contributed by atoms with Crippen molar-refractivity contribution in [3.05, 3.63) is 56.5 Å². The van der Waals surface area contributed by atoms with Crippen molar-refractivity contribution < 1.29 is 0 Å². The van der Waals surface area contributed by atoms with Crippen molar-refractivity contribution in [1.29, 1.82) is 0 Å². The van der Waals surface area contributed by atoms with Gasteiger partial charge < -0.3 is 0 Å². The van der Waals surface area contributed by atoms with Gasteiger partial charge >= 0.3 is 0 Å². The lowest BCUT2D eigenvalue weighted by molar-refractivity contribution is 0.667. The molecular formula is C26H32Br2. The Hall–Kier alpha value is -0.860. The molecule has 0 nitrogen and oxygen atoms in total. The van der Waals surface area contributed by atoms with Crippen LogP contribution < -0.4 is 0 Å². The monoisotopic (exact) mass is 502 g/mol. The second-order valence-electron chi connectivity index (χ2n) is 8.01. The second-order valence-corrected chi connectivity index (χ2v) is 9.60. The molecule has 0 spiro atoms. The van der Waals surface area contributed by atoms with E-state index in [-0.39, 0.29) is 0 Å². The highest BCUT2D eigenvalue weighted by molar-refractivity contribution is 9.11. The third-order valence-corrected chi connectivity index (χ3v) is 7.46. The zero-order valence-corrected chi connectivity index (χ0v) is 20.5. The Kier molecular flexibility index (Phi) is 8.41. The summed E-state index contributed by atoms with van der Waals surface area (Å²) in [6.45, 7) is 4.54. The van der Waals surface area contributed by atoms with Crippen LogP contribution in [0.4, 0.5) is 0 Å². The Morgan fingerprint density at radius 3 is 1.36 bits per heavy atom. The molecule has 0 fully saturated rings. The van der Waals surface area contributed by atoms with Crippen molar-refractivity contribution in [2.24, 2.45) is 0 Å². The summed E-state index contributed by atoms with van der Waals surface area (Å²) in [5.74, 6) is 0. The molecule has 0 aliphatic carbocycles. The van der Waals surface area contributed by atoms with Crippen molar-refractivity contribution in [2.45, 2.75) is 78.1 Å². The number of halogens is 2. The summed E-state index contributed by atoms with van der Waals surface area (Å²) in [6, 6.07) is 14.0. The fourth-order valence-electron chi connectivity index (χ4n) is 4.04. The van der Waals surface area contributed by atoms with E-state index in [0.29, 0.717) is 0 Å². The third kappa shape index (κ3) is 5.19. The van der Waals surface area contributed by atoms with Crippen LogP contribution >= 0.6 is 31.9 Å². The van der Waals surface area contributed by atoms with Gasteiger partial charge in [0.15, 0.2) is 0 Å². The number of aryl methyl sites for hydroxylation is 2. The Bertz CT molecular complexity index is 849. The zero-order chi connectivity index (χ0) is 19.9. The smallest absolute Gasteiger partial charge is 0.0333 e. The van der Waals surface area contributed by atoms with E-state index in [9.17, 15) is 0 Å². The molecule has 0 N–H and O–H groups in total. The summed E-state index contributed by atoms with van der Waals surface area (Å²) >= 11 is 7.84. The molecule has 0 aromatic heterocycles. The minimum Gasteiger partial charge on any atom is -0.0654 e. The number of hydrogen-bond donors (Lipinski definition) is 0. The SMILES string of the molecule is CCCCCCc1ccc2c(Br)c3cc(CCCCCC)ccc3c(Br)c2c1. The van der Waals surface area contributed by atoms with Gasteiger partial charge in [0.05, 0.1) is 0 Å². The molecule has 28 heavy (non-hydrogen) atoms. The number of rotatable bonds is 10. The summed E-state index contributed by atoms with van der Waals surface area (Å²) in [4.78, 5) is 0. The Labute approximate surface area is 187 Å². The van der Waals surface area contributed by atoms with Crippen molar-refractivity contribution in [1.82, 2.24) is 0 Å². The van der Waals surface area contributed by atoms with Gasteiger partial charge in [0, 0.05) is 8.95 Å². The summed E-state index contributed by atoms with van der Waals surface area (Å²) in [5.41, 5.74) is 2.89. The van der Waals surface area contributed by atoms with E-state index in [1.165, 1.54) is 106 Å². The molecule has 0 radical (unpaired) electrons. The molecule has 0 heterocycles.